The Labute approximate surface area is 118 Å². The first kappa shape index (κ1) is 14.5. The van der Waals surface area contributed by atoms with Crippen molar-refractivity contribution in [2.45, 2.75) is 6.92 Å². The maximum atomic E-state index is 13.2. The summed E-state index contributed by atoms with van der Waals surface area (Å²) in [5.74, 6) is -2.16. The molecular weight excluding hydrogens is 286 g/mol. The number of carbonyl (C=O) groups excluding carboxylic acids is 1. The Hall–Kier alpha value is -1.86. The number of benzene rings is 1. The van der Waals surface area contributed by atoms with Crippen molar-refractivity contribution >= 4 is 22.4 Å². The highest BCUT2D eigenvalue weighted by Gasteiger charge is 2.13. The van der Waals surface area contributed by atoms with Gasteiger partial charge in [0.15, 0.2) is 16.8 Å². The number of hydrogen-bond acceptors (Lipinski definition) is 4. The molecule has 1 aromatic heterocycles. The van der Waals surface area contributed by atoms with Crippen molar-refractivity contribution in [2.24, 2.45) is 0 Å². The minimum absolute atomic E-state index is 0.0703. The minimum Gasteiger partial charge on any atom is -0.375 e. The summed E-state index contributed by atoms with van der Waals surface area (Å²) in [4.78, 5) is 16.4. The van der Waals surface area contributed by atoms with E-state index in [-0.39, 0.29) is 12.5 Å². The van der Waals surface area contributed by atoms with Crippen molar-refractivity contribution in [3.05, 3.63) is 34.7 Å². The summed E-state index contributed by atoms with van der Waals surface area (Å²) in [6.07, 6.45) is 0. The molecule has 20 heavy (non-hydrogen) atoms. The highest BCUT2D eigenvalue weighted by Crippen LogP contribution is 2.31. The molecule has 0 aliphatic rings. The summed E-state index contributed by atoms with van der Waals surface area (Å²) < 4.78 is 30.8. The smallest absolute Gasteiger partial charge is 0.252 e. The molecule has 0 spiro atoms. The van der Waals surface area contributed by atoms with E-state index >= 15 is 0 Å². The van der Waals surface area contributed by atoms with Gasteiger partial charge in [0.2, 0.25) is 0 Å². The van der Waals surface area contributed by atoms with Gasteiger partial charge in [0.25, 0.3) is 5.91 Å². The molecule has 4 nitrogen and oxygen atoms in total. The zero-order valence-corrected chi connectivity index (χ0v) is 11.7. The second kappa shape index (κ2) is 6.06. The molecule has 0 unspecified atom stereocenters. The highest BCUT2D eigenvalue weighted by molar-refractivity contribution is 7.16. The lowest BCUT2D eigenvalue weighted by molar-refractivity contribution is -0.119. The monoisotopic (exact) mass is 298 g/mol. The first-order valence-electron chi connectivity index (χ1n) is 5.73. The summed E-state index contributed by atoms with van der Waals surface area (Å²) in [6.45, 7) is 1.72. The molecule has 1 N–H and O–H groups in total. The van der Waals surface area contributed by atoms with Crippen LogP contribution in [0.4, 0.5) is 13.9 Å². The molecule has 1 heterocycles. The number of amides is 1. The summed E-state index contributed by atoms with van der Waals surface area (Å²) in [5, 5.41) is 2.97. The third kappa shape index (κ3) is 3.17. The number of aromatic nitrogens is 1. The zero-order chi connectivity index (χ0) is 14.7. The first-order valence-corrected chi connectivity index (χ1v) is 6.54. The van der Waals surface area contributed by atoms with Crippen molar-refractivity contribution in [3.8, 4) is 11.3 Å². The number of nitrogens with zero attached hydrogens (tertiary/aromatic N) is 1. The third-order valence-electron chi connectivity index (χ3n) is 2.51. The third-order valence-corrected chi connectivity index (χ3v) is 3.40. The van der Waals surface area contributed by atoms with E-state index in [0.717, 1.165) is 17.0 Å². The van der Waals surface area contributed by atoms with Crippen LogP contribution in [0.5, 0.6) is 0 Å². The van der Waals surface area contributed by atoms with E-state index in [0.29, 0.717) is 16.4 Å². The maximum Gasteiger partial charge on any atom is 0.252 e. The normalized spacial score (nSPS) is 10.6. The molecule has 1 amide bonds. The molecule has 0 saturated carbocycles. The number of rotatable bonds is 4. The summed E-state index contributed by atoms with van der Waals surface area (Å²) in [6, 6.07) is 3.58. The van der Waals surface area contributed by atoms with Crippen LogP contribution in [0.15, 0.2) is 18.2 Å². The molecule has 106 valence electrons. The van der Waals surface area contributed by atoms with Gasteiger partial charge < -0.3 is 4.74 Å². The van der Waals surface area contributed by atoms with Crippen molar-refractivity contribution < 1.29 is 18.3 Å². The van der Waals surface area contributed by atoms with Gasteiger partial charge in [0, 0.05) is 17.6 Å². The lowest BCUT2D eigenvalue weighted by atomic mass is 10.1. The van der Waals surface area contributed by atoms with Crippen LogP contribution in [0, 0.1) is 18.6 Å². The van der Waals surface area contributed by atoms with E-state index in [2.05, 4.69) is 10.3 Å². The molecule has 7 heteroatoms. The fourth-order valence-electron chi connectivity index (χ4n) is 1.65. The minimum atomic E-state index is -0.931. The Bertz CT molecular complexity index is 643. The van der Waals surface area contributed by atoms with Crippen molar-refractivity contribution in [3.63, 3.8) is 0 Å². The summed E-state index contributed by atoms with van der Waals surface area (Å²) in [7, 11) is 1.42. The van der Waals surface area contributed by atoms with Gasteiger partial charge in [-0.15, -0.1) is 11.3 Å². The fourth-order valence-corrected chi connectivity index (χ4v) is 2.50. The Morgan fingerprint density at radius 3 is 2.80 bits per heavy atom. The van der Waals surface area contributed by atoms with E-state index in [9.17, 15) is 13.6 Å². The molecule has 1 aromatic carbocycles. The van der Waals surface area contributed by atoms with Gasteiger partial charge in [-0.2, -0.15) is 0 Å². The van der Waals surface area contributed by atoms with Gasteiger partial charge in [-0.25, -0.2) is 13.8 Å². The average Bonchev–Trinajstić information content (AvgIpc) is 2.74. The van der Waals surface area contributed by atoms with Crippen LogP contribution in [0.1, 0.15) is 4.88 Å². The van der Waals surface area contributed by atoms with Gasteiger partial charge in [-0.05, 0) is 25.1 Å². The van der Waals surface area contributed by atoms with Crippen LogP contribution >= 0.6 is 11.3 Å². The van der Waals surface area contributed by atoms with Crippen LogP contribution in [-0.4, -0.2) is 24.6 Å². The summed E-state index contributed by atoms with van der Waals surface area (Å²) in [5.41, 5.74) is 0.978. The number of ether oxygens (including phenoxy) is 1. The second-order valence-electron chi connectivity index (χ2n) is 4.03. The van der Waals surface area contributed by atoms with Crippen LogP contribution in [0.2, 0.25) is 0 Å². The predicted molar refractivity (Wildman–Crippen MR) is 72.7 cm³/mol. The SMILES string of the molecule is COCC(=O)Nc1nc(-c2ccc(F)c(F)c2)c(C)s1. The van der Waals surface area contributed by atoms with Crippen molar-refractivity contribution in [1.29, 1.82) is 0 Å². The average molecular weight is 298 g/mol. The molecule has 2 rings (SSSR count). The Morgan fingerprint density at radius 1 is 1.40 bits per heavy atom. The maximum absolute atomic E-state index is 13.2. The van der Waals surface area contributed by atoms with Crippen molar-refractivity contribution in [1.82, 2.24) is 4.98 Å². The number of carbonyl (C=O) groups is 1. The zero-order valence-electron chi connectivity index (χ0n) is 10.9. The topological polar surface area (TPSA) is 51.2 Å². The molecule has 2 aromatic rings. The quantitative estimate of drug-likeness (QED) is 0.944. The van der Waals surface area contributed by atoms with Crippen LogP contribution in [0.3, 0.4) is 0 Å². The van der Waals surface area contributed by atoms with E-state index in [1.165, 1.54) is 24.5 Å². The van der Waals surface area contributed by atoms with E-state index in [4.69, 9.17) is 4.74 Å². The Kier molecular flexibility index (Phi) is 4.41. The van der Waals surface area contributed by atoms with E-state index < -0.39 is 11.6 Å². The number of nitrogens with one attached hydrogen (secondary N) is 1. The number of anilines is 1. The van der Waals surface area contributed by atoms with Crippen molar-refractivity contribution in [2.75, 3.05) is 19.0 Å². The summed E-state index contributed by atoms with van der Waals surface area (Å²) >= 11 is 1.26. The molecule has 0 fully saturated rings. The molecular formula is C13H12F2N2O2S. The number of halogens is 2. The number of methoxy groups -OCH3 is 1. The molecule has 0 atom stereocenters. The van der Waals surface area contributed by atoms with E-state index in [1.807, 2.05) is 0 Å². The van der Waals surface area contributed by atoms with Gasteiger partial charge in [-0.3, -0.25) is 10.1 Å². The van der Waals surface area contributed by atoms with Gasteiger partial charge in [-0.1, -0.05) is 0 Å². The Balaban J connectivity index is 2.27. The molecule has 0 aliphatic heterocycles. The Morgan fingerprint density at radius 2 is 2.15 bits per heavy atom. The number of aryl methyl sites for hydroxylation is 1. The number of thiazole rings is 1. The first-order chi connectivity index (χ1) is 9.51. The molecule has 0 radical (unpaired) electrons. The number of hydrogen-bond donors (Lipinski definition) is 1. The van der Waals surface area contributed by atoms with Crippen LogP contribution in [-0.2, 0) is 9.53 Å². The molecule has 0 bridgehead atoms. The second-order valence-corrected chi connectivity index (χ2v) is 5.24. The van der Waals surface area contributed by atoms with Crippen LogP contribution < -0.4 is 5.32 Å². The van der Waals surface area contributed by atoms with Gasteiger partial charge >= 0.3 is 0 Å². The van der Waals surface area contributed by atoms with Crippen LogP contribution in [0.25, 0.3) is 11.3 Å². The highest BCUT2D eigenvalue weighted by atomic mass is 32.1. The largest absolute Gasteiger partial charge is 0.375 e. The fraction of sp³-hybridized carbons (Fsp3) is 0.231. The van der Waals surface area contributed by atoms with Gasteiger partial charge in [0.05, 0.1) is 5.69 Å². The predicted octanol–water partition coefficient (Wildman–Crippen LogP) is 2.98. The molecule has 0 aliphatic carbocycles. The molecule has 0 saturated heterocycles. The van der Waals surface area contributed by atoms with E-state index in [1.54, 1.807) is 6.92 Å². The lowest BCUT2D eigenvalue weighted by Gasteiger charge is -2.00. The standard InChI is InChI=1S/C13H12F2N2O2S/c1-7-12(8-3-4-9(14)10(15)5-8)17-13(20-7)16-11(18)6-19-2/h3-5H,6H2,1-2H3,(H,16,17,18). The van der Waals surface area contributed by atoms with Gasteiger partial charge in [0.1, 0.15) is 6.61 Å². The lowest BCUT2D eigenvalue weighted by Crippen LogP contribution is -2.16.